The minimum Gasteiger partial charge on any atom is -0.481 e. The smallest absolute Gasteiger partial charge is 0.307 e. The van der Waals surface area contributed by atoms with Crippen molar-refractivity contribution in [3.05, 3.63) is 47.8 Å². The molecule has 2 bridgehead atoms. The highest BCUT2D eigenvalue weighted by Gasteiger charge is 2.51. The molecule has 1 amide bonds. The number of carbonyl (C=O) groups is 2. The van der Waals surface area contributed by atoms with E-state index in [0.29, 0.717) is 13.0 Å². The highest BCUT2D eigenvalue weighted by Crippen LogP contribution is 2.48. The number of rotatable bonds is 5. The third-order valence-electron chi connectivity index (χ3n) is 4.67. The van der Waals surface area contributed by atoms with E-state index in [2.05, 4.69) is 5.32 Å². The standard InChI is InChI=1S/C17H18FNO3/c18-13-5-1-10(2-6-13)7-8-19-16(20)14-11-3-4-12(9-11)15(14)17(21)22/h1-6,11-12,14-15H,7-9H2,(H,19,20)(H,21,22)/t11-,12+,14-,15+/m1/s1. The minimum atomic E-state index is -0.893. The molecule has 0 aliphatic heterocycles. The summed E-state index contributed by atoms with van der Waals surface area (Å²) >= 11 is 0. The molecule has 0 spiro atoms. The molecule has 0 radical (unpaired) electrons. The van der Waals surface area contributed by atoms with Crippen molar-refractivity contribution in [3.8, 4) is 0 Å². The van der Waals surface area contributed by atoms with Gasteiger partial charge in [0.1, 0.15) is 5.82 Å². The molecule has 2 aliphatic rings. The van der Waals surface area contributed by atoms with Gasteiger partial charge in [0.25, 0.3) is 0 Å². The monoisotopic (exact) mass is 303 g/mol. The molecule has 4 nitrogen and oxygen atoms in total. The van der Waals surface area contributed by atoms with E-state index >= 15 is 0 Å². The number of carboxylic acids is 1. The summed E-state index contributed by atoms with van der Waals surface area (Å²) in [6.07, 6.45) is 5.24. The summed E-state index contributed by atoms with van der Waals surface area (Å²) in [6, 6.07) is 6.14. The Balaban J connectivity index is 1.56. The molecule has 0 heterocycles. The van der Waals surface area contributed by atoms with E-state index in [4.69, 9.17) is 0 Å². The summed E-state index contributed by atoms with van der Waals surface area (Å²) in [7, 11) is 0. The lowest BCUT2D eigenvalue weighted by molar-refractivity contribution is -0.147. The molecule has 4 atom stereocenters. The average molecular weight is 303 g/mol. The van der Waals surface area contributed by atoms with E-state index < -0.39 is 17.8 Å². The van der Waals surface area contributed by atoms with Crippen LogP contribution in [0.3, 0.4) is 0 Å². The summed E-state index contributed by atoms with van der Waals surface area (Å²) in [5.41, 5.74) is 0.935. The molecule has 116 valence electrons. The van der Waals surface area contributed by atoms with Gasteiger partial charge >= 0.3 is 5.97 Å². The Kier molecular flexibility index (Phi) is 3.96. The Morgan fingerprint density at radius 3 is 2.41 bits per heavy atom. The van der Waals surface area contributed by atoms with E-state index in [-0.39, 0.29) is 23.6 Å². The maximum absolute atomic E-state index is 12.8. The zero-order chi connectivity index (χ0) is 15.7. The van der Waals surface area contributed by atoms with Gasteiger partial charge in [-0.25, -0.2) is 4.39 Å². The van der Waals surface area contributed by atoms with Crippen LogP contribution in [-0.2, 0) is 16.0 Å². The molecule has 2 aliphatic carbocycles. The number of aliphatic carboxylic acids is 1. The number of halogens is 1. The van der Waals surface area contributed by atoms with Crippen LogP contribution in [-0.4, -0.2) is 23.5 Å². The lowest BCUT2D eigenvalue weighted by Gasteiger charge is -2.23. The highest BCUT2D eigenvalue weighted by molar-refractivity contribution is 5.86. The van der Waals surface area contributed by atoms with Gasteiger partial charge in [-0.3, -0.25) is 9.59 Å². The van der Waals surface area contributed by atoms with Crippen molar-refractivity contribution in [3.63, 3.8) is 0 Å². The number of benzene rings is 1. The molecular formula is C17H18FNO3. The molecule has 1 aromatic rings. The van der Waals surface area contributed by atoms with Crippen molar-refractivity contribution in [1.82, 2.24) is 5.32 Å². The Morgan fingerprint density at radius 1 is 1.14 bits per heavy atom. The van der Waals surface area contributed by atoms with Gasteiger partial charge in [-0.05, 0) is 42.4 Å². The van der Waals surface area contributed by atoms with Gasteiger partial charge in [0.2, 0.25) is 5.91 Å². The van der Waals surface area contributed by atoms with Gasteiger partial charge in [-0.15, -0.1) is 0 Å². The second kappa shape index (κ2) is 5.91. The van der Waals surface area contributed by atoms with Crippen molar-refractivity contribution in [2.24, 2.45) is 23.7 Å². The number of hydrogen-bond acceptors (Lipinski definition) is 2. The van der Waals surface area contributed by atoms with E-state index in [1.807, 2.05) is 12.2 Å². The zero-order valence-corrected chi connectivity index (χ0v) is 12.0. The van der Waals surface area contributed by atoms with Crippen LogP contribution in [0.15, 0.2) is 36.4 Å². The largest absolute Gasteiger partial charge is 0.481 e. The number of carboxylic acid groups (broad SMARTS) is 1. The molecule has 3 rings (SSSR count). The molecule has 5 heteroatoms. The average Bonchev–Trinajstić information content (AvgIpc) is 3.09. The van der Waals surface area contributed by atoms with Gasteiger partial charge in [0, 0.05) is 6.54 Å². The second-order valence-corrected chi connectivity index (χ2v) is 6.01. The van der Waals surface area contributed by atoms with Crippen molar-refractivity contribution in [2.45, 2.75) is 12.8 Å². The molecule has 1 fully saturated rings. The first-order chi connectivity index (χ1) is 10.6. The van der Waals surface area contributed by atoms with Gasteiger partial charge < -0.3 is 10.4 Å². The van der Waals surface area contributed by atoms with E-state index in [1.165, 1.54) is 12.1 Å². The summed E-state index contributed by atoms with van der Waals surface area (Å²) in [5.74, 6) is -2.43. The van der Waals surface area contributed by atoms with Crippen LogP contribution in [0.25, 0.3) is 0 Å². The van der Waals surface area contributed by atoms with Crippen LogP contribution in [0.5, 0.6) is 0 Å². The van der Waals surface area contributed by atoms with Crippen molar-refractivity contribution >= 4 is 11.9 Å². The van der Waals surface area contributed by atoms with E-state index in [0.717, 1.165) is 12.0 Å². The quantitative estimate of drug-likeness (QED) is 0.818. The van der Waals surface area contributed by atoms with Crippen molar-refractivity contribution < 1.29 is 19.1 Å². The lowest BCUT2D eigenvalue weighted by atomic mass is 9.82. The third-order valence-corrected chi connectivity index (χ3v) is 4.67. The third kappa shape index (κ3) is 2.75. The maximum atomic E-state index is 12.8. The van der Waals surface area contributed by atoms with Crippen LogP contribution in [0.2, 0.25) is 0 Å². The zero-order valence-electron chi connectivity index (χ0n) is 12.0. The molecular weight excluding hydrogens is 285 g/mol. The molecule has 2 N–H and O–H groups in total. The molecule has 1 aromatic carbocycles. The van der Waals surface area contributed by atoms with Crippen LogP contribution < -0.4 is 5.32 Å². The minimum absolute atomic E-state index is 0.0182. The fraction of sp³-hybridized carbons (Fsp3) is 0.412. The SMILES string of the molecule is O=C(O)[C@@H]1[C@H](C(=O)NCCc2ccc(F)cc2)[C@@H]2C=C[C@H]1C2. The Hall–Kier alpha value is -2.17. The van der Waals surface area contributed by atoms with Crippen LogP contribution >= 0.6 is 0 Å². The van der Waals surface area contributed by atoms with Gasteiger partial charge in [-0.2, -0.15) is 0 Å². The fourth-order valence-electron chi connectivity index (χ4n) is 3.62. The van der Waals surface area contributed by atoms with Gasteiger partial charge in [0.15, 0.2) is 0 Å². The predicted octanol–water partition coefficient (Wildman–Crippen LogP) is 2.01. The number of nitrogens with one attached hydrogen (secondary N) is 1. The van der Waals surface area contributed by atoms with Crippen molar-refractivity contribution in [2.75, 3.05) is 6.54 Å². The maximum Gasteiger partial charge on any atom is 0.307 e. The molecule has 0 saturated heterocycles. The van der Waals surface area contributed by atoms with Crippen LogP contribution in [0.4, 0.5) is 4.39 Å². The topological polar surface area (TPSA) is 66.4 Å². The van der Waals surface area contributed by atoms with Crippen LogP contribution in [0.1, 0.15) is 12.0 Å². The first-order valence-electron chi connectivity index (χ1n) is 7.49. The number of hydrogen-bond donors (Lipinski definition) is 2. The van der Waals surface area contributed by atoms with Crippen molar-refractivity contribution in [1.29, 1.82) is 0 Å². The summed E-state index contributed by atoms with van der Waals surface area (Å²) < 4.78 is 12.8. The predicted molar refractivity (Wildman–Crippen MR) is 78.5 cm³/mol. The van der Waals surface area contributed by atoms with E-state index in [1.54, 1.807) is 12.1 Å². The summed E-state index contributed by atoms with van der Waals surface area (Å²) in [5, 5.41) is 12.2. The summed E-state index contributed by atoms with van der Waals surface area (Å²) in [4.78, 5) is 23.7. The summed E-state index contributed by atoms with van der Waals surface area (Å²) in [6.45, 7) is 0.425. The number of carbonyl (C=O) groups excluding carboxylic acids is 1. The number of fused-ring (bicyclic) bond motifs is 2. The molecule has 22 heavy (non-hydrogen) atoms. The number of allylic oxidation sites excluding steroid dienone is 2. The normalized spacial score (nSPS) is 28.8. The van der Waals surface area contributed by atoms with Crippen LogP contribution in [0, 0.1) is 29.5 Å². The van der Waals surface area contributed by atoms with E-state index in [9.17, 15) is 19.1 Å². The second-order valence-electron chi connectivity index (χ2n) is 6.01. The lowest BCUT2D eigenvalue weighted by Crippen LogP contribution is -2.40. The first kappa shape index (κ1) is 14.8. The first-order valence-corrected chi connectivity index (χ1v) is 7.49. The Labute approximate surface area is 128 Å². The molecule has 0 aromatic heterocycles. The Morgan fingerprint density at radius 2 is 1.77 bits per heavy atom. The van der Waals surface area contributed by atoms with Gasteiger partial charge in [0.05, 0.1) is 11.8 Å². The molecule has 1 saturated carbocycles. The number of amides is 1. The fourth-order valence-corrected chi connectivity index (χ4v) is 3.62. The highest BCUT2D eigenvalue weighted by atomic mass is 19.1. The molecule has 0 unspecified atom stereocenters. The van der Waals surface area contributed by atoms with Gasteiger partial charge in [-0.1, -0.05) is 24.3 Å². The Bertz CT molecular complexity index is 611.